The van der Waals surface area contributed by atoms with Crippen LogP contribution in [0.5, 0.6) is 11.6 Å². The van der Waals surface area contributed by atoms with Crippen molar-refractivity contribution in [3.63, 3.8) is 0 Å². The molecule has 0 aliphatic rings. The molecule has 0 saturated carbocycles. The van der Waals surface area contributed by atoms with Crippen LogP contribution in [0, 0.1) is 6.92 Å². The Labute approximate surface area is 181 Å². The molecule has 0 spiro atoms. The first-order valence-corrected chi connectivity index (χ1v) is 9.44. The molecule has 0 saturated heterocycles. The Kier molecular flexibility index (Phi) is 6.72. The monoisotopic (exact) mass is 444 g/mol. The van der Waals surface area contributed by atoms with Gasteiger partial charge in [0.2, 0.25) is 17.7 Å². The van der Waals surface area contributed by atoms with Gasteiger partial charge < -0.3 is 15.4 Å². The number of hydrogen-bond donors (Lipinski definition) is 2. The van der Waals surface area contributed by atoms with E-state index >= 15 is 0 Å². The Bertz CT molecular complexity index is 1130. The Morgan fingerprint density at radius 3 is 2.38 bits per heavy atom. The Balaban J connectivity index is 1.64. The highest BCUT2D eigenvalue weighted by Crippen LogP contribution is 2.35. The minimum absolute atomic E-state index is 0.119. The first kappa shape index (κ1) is 22.7. The van der Waals surface area contributed by atoms with Gasteiger partial charge in [-0.15, -0.1) is 0 Å². The molecule has 0 unspecified atom stereocenters. The van der Waals surface area contributed by atoms with Crippen LogP contribution in [-0.2, 0) is 22.2 Å². The number of rotatable bonds is 6. The van der Waals surface area contributed by atoms with Crippen LogP contribution >= 0.6 is 0 Å². The van der Waals surface area contributed by atoms with Crippen molar-refractivity contribution in [3.05, 3.63) is 71.5 Å². The fourth-order valence-corrected chi connectivity index (χ4v) is 2.82. The highest BCUT2D eigenvalue weighted by atomic mass is 19.4. The second-order valence-electron chi connectivity index (χ2n) is 6.94. The van der Waals surface area contributed by atoms with Crippen molar-refractivity contribution >= 4 is 23.3 Å². The molecular formula is C22H19F3N4O3. The van der Waals surface area contributed by atoms with Crippen LogP contribution in [0.15, 0.2) is 54.9 Å². The van der Waals surface area contributed by atoms with Gasteiger partial charge in [0.15, 0.2) is 0 Å². The van der Waals surface area contributed by atoms with Crippen LogP contribution in [-0.4, -0.2) is 21.8 Å². The van der Waals surface area contributed by atoms with Crippen molar-refractivity contribution in [1.82, 2.24) is 9.97 Å². The van der Waals surface area contributed by atoms with Gasteiger partial charge in [0.1, 0.15) is 17.9 Å². The fraction of sp³-hybridized carbons (Fsp3) is 0.182. The van der Waals surface area contributed by atoms with E-state index in [1.54, 1.807) is 31.2 Å². The van der Waals surface area contributed by atoms with Crippen molar-refractivity contribution < 1.29 is 27.5 Å². The third-order valence-corrected chi connectivity index (χ3v) is 4.21. The number of carbonyl (C=O) groups is 2. The van der Waals surface area contributed by atoms with E-state index in [1.807, 2.05) is 0 Å². The van der Waals surface area contributed by atoms with Crippen LogP contribution in [0.3, 0.4) is 0 Å². The van der Waals surface area contributed by atoms with Crippen LogP contribution in [0.2, 0.25) is 0 Å². The molecule has 2 amide bonds. The standard InChI is InChI=1S/C22H19F3N4O3/c1-13-3-8-18(17(9-13)22(23,24)25)29-20(31)10-15-4-6-16(7-5-15)32-21-11-19(26-12-27-21)28-14(2)30/h3-9,11-12H,10H2,1-2H3,(H,29,31)(H,26,27,28,30). The number of halogens is 3. The highest BCUT2D eigenvalue weighted by molar-refractivity contribution is 5.93. The van der Waals surface area contributed by atoms with Gasteiger partial charge in [-0.1, -0.05) is 23.8 Å². The molecule has 3 rings (SSSR count). The number of ether oxygens (including phenoxy) is 1. The average Bonchev–Trinajstić information content (AvgIpc) is 2.70. The lowest BCUT2D eigenvalue weighted by atomic mass is 10.1. The first-order chi connectivity index (χ1) is 15.1. The summed E-state index contributed by atoms with van der Waals surface area (Å²) in [6.07, 6.45) is -3.46. The molecule has 3 aromatic rings. The van der Waals surface area contributed by atoms with Crippen molar-refractivity contribution in [2.24, 2.45) is 0 Å². The van der Waals surface area contributed by atoms with Crippen LogP contribution < -0.4 is 15.4 Å². The number of aromatic nitrogens is 2. The third-order valence-electron chi connectivity index (χ3n) is 4.21. The molecule has 10 heteroatoms. The quantitative estimate of drug-likeness (QED) is 0.573. The summed E-state index contributed by atoms with van der Waals surface area (Å²) >= 11 is 0. The van der Waals surface area contributed by atoms with E-state index in [0.717, 1.165) is 6.07 Å². The smallest absolute Gasteiger partial charge is 0.418 e. The molecule has 0 atom stereocenters. The SMILES string of the molecule is CC(=O)Nc1cc(Oc2ccc(CC(=O)Nc3ccc(C)cc3C(F)(F)F)cc2)ncn1. The number of hydrogen-bond acceptors (Lipinski definition) is 5. The summed E-state index contributed by atoms with van der Waals surface area (Å²) in [5.41, 5.74) is -0.152. The number of nitrogens with zero attached hydrogens (tertiary/aromatic N) is 2. The second kappa shape index (κ2) is 9.46. The summed E-state index contributed by atoms with van der Waals surface area (Å²) < 4.78 is 45.3. The molecule has 0 aliphatic carbocycles. The van der Waals surface area contributed by atoms with E-state index < -0.39 is 17.6 Å². The number of nitrogens with one attached hydrogen (secondary N) is 2. The first-order valence-electron chi connectivity index (χ1n) is 9.44. The minimum Gasteiger partial charge on any atom is -0.439 e. The second-order valence-corrected chi connectivity index (χ2v) is 6.94. The van der Waals surface area contributed by atoms with Gasteiger partial charge in [0.05, 0.1) is 17.7 Å². The van der Waals surface area contributed by atoms with E-state index in [4.69, 9.17) is 4.74 Å². The van der Waals surface area contributed by atoms with Crippen molar-refractivity contribution in [3.8, 4) is 11.6 Å². The normalized spacial score (nSPS) is 11.0. The minimum atomic E-state index is -4.57. The molecule has 0 aliphatic heterocycles. The molecule has 7 nitrogen and oxygen atoms in total. The van der Waals surface area contributed by atoms with E-state index in [-0.39, 0.29) is 29.7 Å². The maximum atomic E-state index is 13.2. The van der Waals surface area contributed by atoms with Crippen molar-refractivity contribution in [1.29, 1.82) is 0 Å². The van der Waals surface area contributed by atoms with E-state index in [0.29, 0.717) is 16.9 Å². The molecule has 32 heavy (non-hydrogen) atoms. The average molecular weight is 444 g/mol. The van der Waals surface area contributed by atoms with Crippen molar-refractivity contribution in [2.45, 2.75) is 26.4 Å². The summed E-state index contributed by atoms with van der Waals surface area (Å²) in [5, 5.41) is 4.84. The molecule has 1 heterocycles. The highest BCUT2D eigenvalue weighted by Gasteiger charge is 2.34. The van der Waals surface area contributed by atoms with Gasteiger partial charge in [0.25, 0.3) is 0 Å². The van der Waals surface area contributed by atoms with Crippen LogP contribution in [0.25, 0.3) is 0 Å². The van der Waals surface area contributed by atoms with E-state index in [9.17, 15) is 22.8 Å². The molecule has 2 aromatic carbocycles. The Hall–Kier alpha value is -3.95. The number of anilines is 2. The van der Waals surface area contributed by atoms with Crippen LogP contribution in [0.4, 0.5) is 24.7 Å². The van der Waals surface area contributed by atoms with Gasteiger partial charge >= 0.3 is 6.18 Å². The van der Waals surface area contributed by atoms with Crippen molar-refractivity contribution in [2.75, 3.05) is 10.6 Å². The van der Waals surface area contributed by atoms with Gasteiger partial charge in [-0.05, 0) is 36.8 Å². The maximum absolute atomic E-state index is 13.2. The summed E-state index contributed by atoms with van der Waals surface area (Å²) in [4.78, 5) is 31.2. The number of amides is 2. The molecule has 1 aromatic heterocycles. The molecular weight excluding hydrogens is 425 g/mol. The molecule has 0 fully saturated rings. The number of alkyl halides is 3. The third kappa shape index (κ3) is 6.27. The molecule has 2 N–H and O–H groups in total. The van der Waals surface area contributed by atoms with Gasteiger partial charge in [-0.25, -0.2) is 9.97 Å². The molecule has 0 bridgehead atoms. The largest absolute Gasteiger partial charge is 0.439 e. The van der Waals surface area contributed by atoms with E-state index in [2.05, 4.69) is 20.6 Å². The lowest BCUT2D eigenvalue weighted by Gasteiger charge is -2.14. The van der Waals surface area contributed by atoms with Gasteiger partial charge in [-0.2, -0.15) is 13.2 Å². The summed E-state index contributed by atoms with van der Waals surface area (Å²) in [5.74, 6) is 0.0342. The fourth-order valence-electron chi connectivity index (χ4n) is 2.82. The van der Waals surface area contributed by atoms with Gasteiger partial charge in [0, 0.05) is 13.0 Å². The van der Waals surface area contributed by atoms with Crippen LogP contribution in [0.1, 0.15) is 23.6 Å². The van der Waals surface area contributed by atoms with Gasteiger partial charge in [-0.3, -0.25) is 9.59 Å². The summed E-state index contributed by atoms with van der Waals surface area (Å²) in [7, 11) is 0. The maximum Gasteiger partial charge on any atom is 0.418 e. The predicted molar refractivity (Wildman–Crippen MR) is 111 cm³/mol. The number of aryl methyl sites for hydroxylation is 1. The number of benzene rings is 2. The Morgan fingerprint density at radius 2 is 1.72 bits per heavy atom. The van der Waals surface area contributed by atoms with E-state index in [1.165, 1.54) is 31.5 Å². The predicted octanol–water partition coefficient (Wildman–Crippen LogP) is 4.74. The summed E-state index contributed by atoms with van der Waals surface area (Å²) in [6, 6.07) is 11.6. The summed E-state index contributed by atoms with van der Waals surface area (Å²) in [6.45, 7) is 2.90. The zero-order chi connectivity index (χ0) is 23.3. The Morgan fingerprint density at radius 1 is 1.00 bits per heavy atom. The zero-order valence-electron chi connectivity index (χ0n) is 17.2. The number of carbonyl (C=O) groups excluding carboxylic acids is 2. The molecule has 0 radical (unpaired) electrons. The zero-order valence-corrected chi connectivity index (χ0v) is 17.2. The lowest BCUT2D eigenvalue weighted by molar-refractivity contribution is -0.137. The topological polar surface area (TPSA) is 93.2 Å². The lowest BCUT2D eigenvalue weighted by Crippen LogP contribution is -2.18. The molecule has 166 valence electrons.